The highest BCUT2D eigenvalue weighted by atomic mass is 16.2. The average Bonchev–Trinajstić information content (AvgIpc) is 3.14. The molecule has 8 nitrogen and oxygen atoms in total. The van der Waals surface area contributed by atoms with Crippen LogP contribution in [-0.2, 0) is 11.3 Å². The summed E-state index contributed by atoms with van der Waals surface area (Å²) < 4.78 is 3.20. The van der Waals surface area contributed by atoms with Gasteiger partial charge in [-0.1, -0.05) is 0 Å². The fourth-order valence-corrected chi connectivity index (χ4v) is 2.26. The van der Waals surface area contributed by atoms with Crippen LogP contribution < -0.4 is 5.32 Å². The Balaban J connectivity index is 1.54. The lowest BCUT2D eigenvalue weighted by molar-refractivity contribution is -0.116. The number of hydrogen-bond acceptors (Lipinski definition) is 5. The molecule has 0 bridgehead atoms. The van der Waals surface area contributed by atoms with Gasteiger partial charge in [0, 0.05) is 29.5 Å². The Morgan fingerprint density at radius 2 is 2.18 bits per heavy atom. The first-order valence-corrected chi connectivity index (χ1v) is 6.65. The molecule has 1 amide bonds. The molecule has 4 heterocycles. The van der Waals surface area contributed by atoms with Gasteiger partial charge < -0.3 is 5.32 Å². The molecule has 1 N–H and O–H groups in total. The van der Waals surface area contributed by atoms with Crippen molar-refractivity contribution in [2.24, 2.45) is 0 Å². The fraction of sp³-hybridized carbons (Fsp3) is 0.0714. The molecule has 0 spiro atoms. The zero-order valence-electron chi connectivity index (χ0n) is 11.4. The van der Waals surface area contributed by atoms with Crippen molar-refractivity contribution in [2.75, 3.05) is 5.32 Å². The first-order chi connectivity index (χ1) is 10.8. The van der Waals surface area contributed by atoms with Gasteiger partial charge in [-0.3, -0.25) is 4.79 Å². The van der Waals surface area contributed by atoms with E-state index in [1.807, 2.05) is 12.1 Å². The summed E-state index contributed by atoms with van der Waals surface area (Å²) in [5.41, 5.74) is 2.02. The molecule has 0 atom stereocenters. The Morgan fingerprint density at radius 1 is 1.23 bits per heavy atom. The molecule has 4 rings (SSSR count). The molecule has 0 aromatic carbocycles. The van der Waals surface area contributed by atoms with Gasteiger partial charge >= 0.3 is 0 Å². The van der Waals surface area contributed by atoms with Crippen LogP contribution in [-0.4, -0.2) is 35.3 Å². The summed E-state index contributed by atoms with van der Waals surface area (Å²) in [6.07, 6.45) is 6.57. The monoisotopic (exact) mass is 293 g/mol. The molecule has 4 aromatic rings. The molecule has 0 aliphatic rings. The van der Waals surface area contributed by atoms with E-state index in [0.29, 0.717) is 17.0 Å². The predicted octanol–water partition coefficient (Wildman–Crippen LogP) is 1.11. The largest absolute Gasteiger partial charge is 0.324 e. The van der Waals surface area contributed by atoms with Gasteiger partial charge in [0.1, 0.15) is 12.9 Å². The van der Waals surface area contributed by atoms with E-state index < -0.39 is 0 Å². The lowest BCUT2D eigenvalue weighted by atomic mass is 10.3. The Hall–Kier alpha value is -3.29. The summed E-state index contributed by atoms with van der Waals surface area (Å²) >= 11 is 0. The van der Waals surface area contributed by atoms with Crippen LogP contribution in [0.5, 0.6) is 0 Å². The quantitative estimate of drug-likeness (QED) is 0.611. The van der Waals surface area contributed by atoms with Crippen molar-refractivity contribution in [2.45, 2.75) is 6.54 Å². The molecular formula is C14H11N7O. The highest BCUT2D eigenvalue weighted by molar-refractivity contribution is 5.91. The van der Waals surface area contributed by atoms with Crippen LogP contribution in [0, 0.1) is 0 Å². The second kappa shape index (κ2) is 4.92. The Kier molecular flexibility index (Phi) is 2.78. The summed E-state index contributed by atoms with van der Waals surface area (Å²) in [6.45, 7) is 0.0956. The summed E-state index contributed by atoms with van der Waals surface area (Å²) in [4.78, 5) is 20.5. The van der Waals surface area contributed by atoms with Gasteiger partial charge in [0.25, 0.3) is 0 Å². The van der Waals surface area contributed by atoms with Gasteiger partial charge in [-0.2, -0.15) is 10.2 Å². The number of nitrogens with zero attached hydrogens (tertiary/aromatic N) is 6. The van der Waals surface area contributed by atoms with E-state index in [9.17, 15) is 4.79 Å². The van der Waals surface area contributed by atoms with E-state index in [1.165, 1.54) is 6.33 Å². The molecule has 0 unspecified atom stereocenters. The standard InChI is InChI=1S/C14H11N7O/c22-13(8-21-14-10(7-17-21)2-1-4-15-14)19-11-3-5-20-12(6-11)16-9-18-20/h1-7,9H,8H2,(H,19,22). The Labute approximate surface area is 124 Å². The zero-order chi connectivity index (χ0) is 14.9. The van der Waals surface area contributed by atoms with E-state index in [4.69, 9.17) is 0 Å². The minimum absolute atomic E-state index is 0.0956. The van der Waals surface area contributed by atoms with Gasteiger partial charge in [0.2, 0.25) is 5.91 Å². The second-order valence-electron chi connectivity index (χ2n) is 4.74. The Morgan fingerprint density at radius 3 is 3.14 bits per heavy atom. The molecule has 0 fully saturated rings. The number of anilines is 1. The number of rotatable bonds is 3. The van der Waals surface area contributed by atoms with E-state index in [0.717, 1.165) is 5.39 Å². The number of aromatic nitrogens is 6. The van der Waals surface area contributed by atoms with Gasteiger partial charge in [-0.25, -0.2) is 19.2 Å². The Bertz CT molecular complexity index is 971. The third kappa shape index (κ3) is 2.16. The third-order valence-electron chi connectivity index (χ3n) is 3.26. The van der Waals surface area contributed by atoms with Crippen molar-refractivity contribution in [3.8, 4) is 0 Å². The number of nitrogens with one attached hydrogen (secondary N) is 1. The van der Waals surface area contributed by atoms with Gasteiger partial charge in [0.15, 0.2) is 11.3 Å². The number of carbonyl (C=O) groups is 1. The molecule has 0 saturated carbocycles. The van der Waals surface area contributed by atoms with Crippen LogP contribution in [0.3, 0.4) is 0 Å². The highest BCUT2D eigenvalue weighted by Crippen LogP contribution is 2.11. The highest BCUT2D eigenvalue weighted by Gasteiger charge is 2.09. The topological polar surface area (TPSA) is 90.0 Å². The zero-order valence-corrected chi connectivity index (χ0v) is 11.4. The van der Waals surface area contributed by atoms with Crippen molar-refractivity contribution in [1.29, 1.82) is 0 Å². The maximum absolute atomic E-state index is 12.2. The fourth-order valence-electron chi connectivity index (χ4n) is 2.26. The molecule has 0 radical (unpaired) electrons. The summed E-state index contributed by atoms with van der Waals surface area (Å²) in [5.74, 6) is -0.181. The van der Waals surface area contributed by atoms with Crippen molar-refractivity contribution in [3.05, 3.63) is 49.2 Å². The van der Waals surface area contributed by atoms with Crippen LogP contribution in [0.15, 0.2) is 49.2 Å². The predicted molar refractivity (Wildman–Crippen MR) is 79.1 cm³/mol. The molecule has 108 valence electrons. The lowest BCUT2D eigenvalue weighted by Crippen LogP contribution is -2.19. The number of carbonyl (C=O) groups excluding carboxylic acids is 1. The maximum atomic E-state index is 12.2. The first-order valence-electron chi connectivity index (χ1n) is 6.65. The van der Waals surface area contributed by atoms with Crippen LogP contribution in [0.1, 0.15) is 0 Å². The van der Waals surface area contributed by atoms with Crippen LogP contribution in [0.2, 0.25) is 0 Å². The SMILES string of the molecule is O=C(Cn1ncc2cccnc21)Nc1ccn2ncnc2c1. The van der Waals surface area contributed by atoms with Crippen molar-refractivity contribution in [3.63, 3.8) is 0 Å². The number of pyridine rings is 2. The summed E-state index contributed by atoms with van der Waals surface area (Å²) in [6, 6.07) is 7.26. The van der Waals surface area contributed by atoms with E-state index in [-0.39, 0.29) is 12.5 Å². The molecule has 22 heavy (non-hydrogen) atoms. The lowest BCUT2D eigenvalue weighted by Gasteiger charge is -2.06. The van der Waals surface area contributed by atoms with E-state index in [1.54, 1.807) is 39.9 Å². The summed E-state index contributed by atoms with van der Waals surface area (Å²) in [5, 5.41) is 11.9. The number of amides is 1. The molecule has 4 aromatic heterocycles. The van der Waals surface area contributed by atoms with Gasteiger partial charge in [-0.05, 0) is 18.2 Å². The average molecular weight is 293 g/mol. The first kappa shape index (κ1) is 12.5. The van der Waals surface area contributed by atoms with Crippen LogP contribution in [0.4, 0.5) is 5.69 Å². The molecule has 0 aliphatic heterocycles. The molecule has 0 aliphatic carbocycles. The van der Waals surface area contributed by atoms with Crippen LogP contribution >= 0.6 is 0 Å². The normalized spacial score (nSPS) is 11.1. The minimum Gasteiger partial charge on any atom is -0.324 e. The molecule has 8 heteroatoms. The number of fused-ring (bicyclic) bond motifs is 2. The third-order valence-corrected chi connectivity index (χ3v) is 3.26. The molecule has 0 saturated heterocycles. The minimum atomic E-state index is -0.181. The maximum Gasteiger partial charge on any atom is 0.246 e. The van der Waals surface area contributed by atoms with Crippen molar-refractivity contribution >= 4 is 28.3 Å². The van der Waals surface area contributed by atoms with E-state index >= 15 is 0 Å². The van der Waals surface area contributed by atoms with Crippen molar-refractivity contribution < 1.29 is 4.79 Å². The van der Waals surface area contributed by atoms with Crippen molar-refractivity contribution in [1.82, 2.24) is 29.4 Å². The smallest absolute Gasteiger partial charge is 0.246 e. The van der Waals surface area contributed by atoms with E-state index in [2.05, 4.69) is 25.5 Å². The number of hydrogen-bond donors (Lipinski definition) is 1. The van der Waals surface area contributed by atoms with Crippen LogP contribution in [0.25, 0.3) is 16.7 Å². The van der Waals surface area contributed by atoms with Gasteiger partial charge in [-0.15, -0.1) is 0 Å². The molecular weight excluding hydrogens is 282 g/mol. The summed E-state index contributed by atoms with van der Waals surface area (Å²) in [7, 11) is 0. The van der Waals surface area contributed by atoms with Gasteiger partial charge in [0.05, 0.1) is 6.20 Å². The second-order valence-corrected chi connectivity index (χ2v) is 4.74.